The Bertz CT molecular complexity index is 576. The zero-order chi connectivity index (χ0) is 15.2. The lowest BCUT2D eigenvalue weighted by atomic mass is 10.3. The van der Waals surface area contributed by atoms with Crippen molar-refractivity contribution in [1.29, 1.82) is 0 Å². The Balaban J connectivity index is 2.96. The smallest absolute Gasteiger partial charge is 0.422 e. The number of rotatable bonds is 6. The number of amides is 1. The summed E-state index contributed by atoms with van der Waals surface area (Å²) in [6.07, 6.45) is -0.885. The molecule has 0 fully saturated rings. The molecule has 0 heterocycles. The molecule has 0 radical (unpaired) electrons. The molecule has 112 valence electrons. The SMILES string of the molecule is CCOC(=O)NNS(=O)(=O)c1cc(Br)ccc1OCC. The largest absolute Gasteiger partial charge is 0.492 e. The highest BCUT2D eigenvalue weighted by molar-refractivity contribution is 9.10. The monoisotopic (exact) mass is 366 g/mol. The normalized spacial score (nSPS) is 10.9. The first kappa shape index (κ1) is 16.7. The van der Waals surface area contributed by atoms with Crippen molar-refractivity contribution < 1.29 is 22.7 Å². The summed E-state index contributed by atoms with van der Waals surface area (Å²) in [5, 5.41) is 0. The van der Waals surface area contributed by atoms with Crippen LogP contribution in [0.4, 0.5) is 4.79 Å². The Kier molecular flexibility index (Phi) is 6.24. The van der Waals surface area contributed by atoms with Gasteiger partial charge in [-0.05, 0) is 32.0 Å². The van der Waals surface area contributed by atoms with Gasteiger partial charge in [-0.1, -0.05) is 15.9 Å². The molecule has 0 aliphatic heterocycles. The molecule has 9 heteroatoms. The number of ether oxygens (including phenoxy) is 2. The van der Waals surface area contributed by atoms with Crippen LogP contribution in [0.2, 0.25) is 0 Å². The fraction of sp³-hybridized carbons (Fsp3) is 0.364. The summed E-state index contributed by atoms with van der Waals surface area (Å²) in [5.74, 6) is 0.189. The van der Waals surface area contributed by atoms with Crippen molar-refractivity contribution in [2.75, 3.05) is 13.2 Å². The summed E-state index contributed by atoms with van der Waals surface area (Å²) in [6, 6.07) is 4.55. The first-order chi connectivity index (χ1) is 9.40. The van der Waals surface area contributed by atoms with E-state index in [1.54, 1.807) is 19.9 Å². The molecule has 1 aromatic rings. The predicted molar refractivity (Wildman–Crippen MR) is 75.8 cm³/mol. The molecule has 0 saturated carbocycles. The van der Waals surface area contributed by atoms with Gasteiger partial charge < -0.3 is 9.47 Å². The second-order valence-electron chi connectivity index (χ2n) is 3.48. The van der Waals surface area contributed by atoms with E-state index in [2.05, 4.69) is 20.7 Å². The van der Waals surface area contributed by atoms with Gasteiger partial charge in [0.1, 0.15) is 10.6 Å². The van der Waals surface area contributed by atoms with Gasteiger partial charge in [0.25, 0.3) is 10.0 Å². The van der Waals surface area contributed by atoms with E-state index in [-0.39, 0.29) is 17.3 Å². The molecule has 2 N–H and O–H groups in total. The molecule has 1 aromatic carbocycles. The van der Waals surface area contributed by atoms with Crippen molar-refractivity contribution in [3.05, 3.63) is 22.7 Å². The molecule has 0 aliphatic carbocycles. The zero-order valence-electron chi connectivity index (χ0n) is 11.0. The van der Waals surface area contributed by atoms with Crippen LogP contribution in [-0.4, -0.2) is 27.7 Å². The van der Waals surface area contributed by atoms with E-state index in [0.717, 1.165) is 0 Å². The van der Waals surface area contributed by atoms with Gasteiger partial charge >= 0.3 is 6.09 Å². The lowest BCUT2D eigenvalue weighted by Gasteiger charge is -2.12. The lowest BCUT2D eigenvalue weighted by Crippen LogP contribution is -2.41. The van der Waals surface area contributed by atoms with Gasteiger partial charge in [0.05, 0.1) is 13.2 Å². The quantitative estimate of drug-likeness (QED) is 0.748. The third-order valence-electron chi connectivity index (χ3n) is 2.06. The van der Waals surface area contributed by atoms with Gasteiger partial charge in [-0.25, -0.2) is 18.6 Å². The summed E-state index contributed by atoms with van der Waals surface area (Å²) >= 11 is 3.18. The Labute approximate surface area is 125 Å². The van der Waals surface area contributed by atoms with E-state index in [9.17, 15) is 13.2 Å². The molecule has 0 saturated heterocycles. The van der Waals surface area contributed by atoms with E-state index < -0.39 is 16.1 Å². The van der Waals surface area contributed by atoms with Gasteiger partial charge in [0.15, 0.2) is 0 Å². The Morgan fingerprint density at radius 1 is 1.30 bits per heavy atom. The van der Waals surface area contributed by atoms with Crippen molar-refractivity contribution in [1.82, 2.24) is 10.3 Å². The molecule has 0 bridgehead atoms. The van der Waals surface area contributed by atoms with Crippen LogP contribution in [0.3, 0.4) is 0 Å². The highest BCUT2D eigenvalue weighted by atomic mass is 79.9. The number of halogens is 1. The molecule has 0 aromatic heterocycles. The highest BCUT2D eigenvalue weighted by Gasteiger charge is 2.21. The highest BCUT2D eigenvalue weighted by Crippen LogP contribution is 2.27. The number of benzene rings is 1. The average Bonchev–Trinajstić information content (AvgIpc) is 2.39. The zero-order valence-corrected chi connectivity index (χ0v) is 13.4. The van der Waals surface area contributed by atoms with Crippen molar-refractivity contribution in [2.24, 2.45) is 0 Å². The van der Waals surface area contributed by atoms with Gasteiger partial charge in [0.2, 0.25) is 0 Å². The average molecular weight is 367 g/mol. The standard InChI is InChI=1S/C11H15BrN2O5S/c1-3-18-9-6-5-8(12)7-10(9)20(16,17)14-13-11(15)19-4-2/h5-7,14H,3-4H2,1-2H3,(H,13,15). The van der Waals surface area contributed by atoms with E-state index in [0.29, 0.717) is 11.1 Å². The fourth-order valence-corrected chi connectivity index (χ4v) is 2.81. The molecule has 0 unspecified atom stereocenters. The van der Waals surface area contributed by atoms with Gasteiger partial charge in [-0.3, -0.25) is 0 Å². The number of hydrogen-bond donors (Lipinski definition) is 2. The summed E-state index contributed by atoms with van der Waals surface area (Å²) in [7, 11) is -3.97. The Hall–Kier alpha value is -1.32. The first-order valence-electron chi connectivity index (χ1n) is 5.77. The molecular formula is C11H15BrN2O5S. The van der Waals surface area contributed by atoms with Crippen LogP contribution in [-0.2, 0) is 14.8 Å². The van der Waals surface area contributed by atoms with Crippen LogP contribution in [0, 0.1) is 0 Å². The summed E-state index contributed by atoms with van der Waals surface area (Å²) in [4.78, 5) is 12.9. The van der Waals surface area contributed by atoms with E-state index in [4.69, 9.17) is 4.74 Å². The van der Waals surface area contributed by atoms with Crippen LogP contribution in [0.5, 0.6) is 5.75 Å². The maximum Gasteiger partial charge on any atom is 0.422 e. The van der Waals surface area contributed by atoms with Crippen molar-refractivity contribution >= 4 is 32.0 Å². The van der Waals surface area contributed by atoms with E-state index >= 15 is 0 Å². The minimum absolute atomic E-state index is 0.0921. The minimum Gasteiger partial charge on any atom is -0.492 e. The maximum absolute atomic E-state index is 12.1. The molecule has 0 aliphatic rings. The van der Waals surface area contributed by atoms with Gasteiger partial charge in [-0.15, -0.1) is 4.83 Å². The van der Waals surface area contributed by atoms with Crippen LogP contribution in [0.1, 0.15) is 13.8 Å². The van der Waals surface area contributed by atoms with Gasteiger partial charge in [0, 0.05) is 4.47 Å². The third kappa shape index (κ3) is 4.66. The van der Waals surface area contributed by atoms with E-state index in [1.165, 1.54) is 12.1 Å². The molecule has 1 rings (SSSR count). The van der Waals surface area contributed by atoms with Crippen molar-refractivity contribution in [3.8, 4) is 5.75 Å². The van der Waals surface area contributed by atoms with E-state index in [1.807, 2.05) is 10.3 Å². The topological polar surface area (TPSA) is 93.7 Å². The maximum atomic E-state index is 12.1. The number of carbonyl (C=O) groups excluding carboxylic acids is 1. The summed E-state index contributed by atoms with van der Waals surface area (Å²) < 4.78 is 34.6. The van der Waals surface area contributed by atoms with Crippen LogP contribution < -0.4 is 15.0 Å². The number of nitrogens with one attached hydrogen (secondary N) is 2. The molecule has 0 atom stereocenters. The van der Waals surface area contributed by atoms with Gasteiger partial charge in [-0.2, -0.15) is 0 Å². The summed E-state index contributed by atoms with van der Waals surface area (Å²) in [6.45, 7) is 3.79. The Morgan fingerprint density at radius 3 is 2.60 bits per heavy atom. The number of hydrogen-bond acceptors (Lipinski definition) is 5. The third-order valence-corrected chi connectivity index (χ3v) is 3.82. The number of sulfonamides is 1. The second-order valence-corrected chi connectivity index (χ2v) is 6.04. The lowest BCUT2D eigenvalue weighted by molar-refractivity contribution is 0.150. The van der Waals surface area contributed by atoms with Crippen molar-refractivity contribution in [2.45, 2.75) is 18.7 Å². The Morgan fingerprint density at radius 2 is 2.00 bits per heavy atom. The first-order valence-corrected chi connectivity index (χ1v) is 8.05. The van der Waals surface area contributed by atoms with Crippen molar-refractivity contribution in [3.63, 3.8) is 0 Å². The molecule has 0 spiro atoms. The fourth-order valence-electron chi connectivity index (χ4n) is 1.30. The molecule has 7 nitrogen and oxygen atoms in total. The molecule has 20 heavy (non-hydrogen) atoms. The molecular weight excluding hydrogens is 352 g/mol. The number of hydrazine groups is 1. The van der Waals surface area contributed by atoms with Crippen LogP contribution in [0.25, 0.3) is 0 Å². The minimum atomic E-state index is -3.97. The van der Waals surface area contributed by atoms with Crippen LogP contribution >= 0.6 is 15.9 Å². The summed E-state index contributed by atoms with van der Waals surface area (Å²) in [5.41, 5.74) is 1.94. The number of carbonyl (C=O) groups is 1. The van der Waals surface area contributed by atoms with Crippen LogP contribution in [0.15, 0.2) is 27.6 Å². The molecule has 1 amide bonds. The predicted octanol–water partition coefficient (Wildman–Crippen LogP) is 1.79. The second kappa shape index (κ2) is 7.46.